The van der Waals surface area contributed by atoms with E-state index < -0.39 is 4.92 Å². The van der Waals surface area contributed by atoms with Gasteiger partial charge in [-0.2, -0.15) is 0 Å². The third kappa shape index (κ3) is 4.75. The third-order valence-corrected chi connectivity index (χ3v) is 3.35. The number of hydrogen-bond acceptors (Lipinski definition) is 4. The topological polar surface area (TPSA) is 81.5 Å². The molecule has 5 nitrogen and oxygen atoms in total. The summed E-state index contributed by atoms with van der Waals surface area (Å²) in [6.07, 6.45) is 0.957. The van der Waals surface area contributed by atoms with Gasteiger partial charge in [-0.1, -0.05) is 30.8 Å². The number of nitrogens with zero attached hydrogens (tertiary/aromatic N) is 2. The molecule has 0 bridgehead atoms. The highest BCUT2D eigenvalue weighted by Crippen LogP contribution is 2.17. The molecule has 0 fully saturated rings. The zero-order valence-corrected chi connectivity index (χ0v) is 11.3. The smallest absolute Gasteiger partial charge is 0.269 e. The van der Waals surface area contributed by atoms with Crippen LogP contribution in [0, 0.1) is 10.1 Å². The van der Waals surface area contributed by atoms with E-state index in [1.54, 1.807) is 12.1 Å². The molecule has 1 aromatic rings. The fourth-order valence-corrected chi connectivity index (χ4v) is 1.98. The predicted octanol–water partition coefficient (Wildman–Crippen LogP) is 2.94. The van der Waals surface area contributed by atoms with Crippen molar-refractivity contribution in [3.8, 4) is 0 Å². The van der Waals surface area contributed by atoms with Gasteiger partial charge in [0.05, 0.1) is 4.92 Å². The summed E-state index contributed by atoms with van der Waals surface area (Å²) in [5, 5.41) is 11.1. The van der Waals surface area contributed by atoms with E-state index in [4.69, 9.17) is 5.73 Å². The summed E-state index contributed by atoms with van der Waals surface area (Å²) in [4.78, 5) is 14.4. The molecule has 0 heterocycles. The van der Waals surface area contributed by atoms with E-state index in [0.29, 0.717) is 10.9 Å². The molecule has 18 heavy (non-hydrogen) atoms. The Morgan fingerprint density at radius 1 is 1.50 bits per heavy atom. The predicted molar refractivity (Wildman–Crippen MR) is 75.8 cm³/mol. The second kappa shape index (κ2) is 7.00. The standard InChI is InChI=1S/C12H17N3O2S/c1-3-9(2)14-12(13)18-8-10-4-6-11(7-5-10)15(16)17/h4-7,9H,3,8H2,1-2H3,(H2,13,14)/t9-/m0/s1. The monoisotopic (exact) mass is 267 g/mol. The minimum atomic E-state index is -0.407. The first-order valence-electron chi connectivity index (χ1n) is 5.72. The molecule has 0 aromatic heterocycles. The van der Waals surface area contributed by atoms with Gasteiger partial charge in [0.25, 0.3) is 5.69 Å². The number of non-ortho nitro benzene ring substituents is 1. The van der Waals surface area contributed by atoms with Crippen LogP contribution >= 0.6 is 11.8 Å². The molecule has 0 aliphatic carbocycles. The van der Waals surface area contributed by atoms with Crippen molar-refractivity contribution in [2.45, 2.75) is 32.1 Å². The van der Waals surface area contributed by atoms with Gasteiger partial charge in [0.1, 0.15) is 0 Å². The first-order chi connectivity index (χ1) is 8.52. The zero-order valence-electron chi connectivity index (χ0n) is 10.5. The summed E-state index contributed by atoms with van der Waals surface area (Å²) in [7, 11) is 0. The maximum Gasteiger partial charge on any atom is 0.269 e. The van der Waals surface area contributed by atoms with E-state index in [9.17, 15) is 10.1 Å². The van der Waals surface area contributed by atoms with Gasteiger partial charge in [0.2, 0.25) is 0 Å². The fraction of sp³-hybridized carbons (Fsp3) is 0.417. The Labute approximate surface area is 111 Å². The van der Waals surface area contributed by atoms with Crippen LogP contribution in [-0.4, -0.2) is 16.1 Å². The van der Waals surface area contributed by atoms with E-state index in [0.717, 1.165) is 12.0 Å². The molecule has 0 spiro atoms. The minimum Gasteiger partial charge on any atom is -0.379 e. The quantitative estimate of drug-likeness (QED) is 0.385. The van der Waals surface area contributed by atoms with Gasteiger partial charge in [-0.05, 0) is 18.9 Å². The minimum absolute atomic E-state index is 0.102. The number of nitro benzene ring substituents is 1. The van der Waals surface area contributed by atoms with Crippen molar-refractivity contribution in [3.05, 3.63) is 39.9 Å². The average Bonchev–Trinajstić information content (AvgIpc) is 2.36. The Morgan fingerprint density at radius 3 is 2.61 bits per heavy atom. The van der Waals surface area contributed by atoms with Crippen LogP contribution in [0.3, 0.4) is 0 Å². The average molecular weight is 267 g/mol. The molecule has 1 rings (SSSR count). The van der Waals surface area contributed by atoms with Crippen LogP contribution in [0.15, 0.2) is 29.3 Å². The van der Waals surface area contributed by atoms with E-state index in [1.165, 1.54) is 23.9 Å². The third-order valence-electron chi connectivity index (χ3n) is 2.47. The second-order valence-corrected chi connectivity index (χ2v) is 4.93. The van der Waals surface area contributed by atoms with Gasteiger partial charge < -0.3 is 5.73 Å². The van der Waals surface area contributed by atoms with Crippen molar-refractivity contribution in [2.24, 2.45) is 10.7 Å². The van der Waals surface area contributed by atoms with Crippen molar-refractivity contribution in [2.75, 3.05) is 0 Å². The number of nitrogens with two attached hydrogens (primary N) is 1. The number of amidine groups is 1. The highest BCUT2D eigenvalue weighted by molar-refractivity contribution is 8.13. The Bertz CT molecular complexity index is 431. The number of nitro groups is 1. The molecule has 0 radical (unpaired) electrons. The lowest BCUT2D eigenvalue weighted by atomic mass is 10.2. The van der Waals surface area contributed by atoms with Crippen molar-refractivity contribution < 1.29 is 4.92 Å². The van der Waals surface area contributed by atoms with E-state index in [-0.39, 0.29) is 11.7 Å². The van der Waals surface area contributed by atoms with Crippen LogP contribution < -0.4 is 5.73 Å². The van der Waals surface area contributed by atoms with Gasteiger partial charge in [-0.25, -0.2) is 0 Å². The summed E-state index contributed by atoms with van der Waals surface area (Å²) < 4.78 is 0. The SMILES string of the molecule is CC[C@H](C)N=C(N)SCc1ccc([N+](=O)[O-])cc1. The van der Waals surface area contributed by atoms with Crippen molar-refractivity contribution in [1.82, 2.24) is 0 Å². The summed E-state index contributed by atoms with van der Waals surface area (Å²) >= 11 is 1.45. The van der Waals surface area contributed by atoms with Gasteiger partial charge in [-0.15, -0.1) is 0 Å². The largest absolute Gasteiger partial charge is 0.379 e. The van der Waals surface area contributed by atoms with Crippen LogP contribution in [0.4, 0.5) is 5.69 Å². The molecule has 1 atom stereocenters. The number of thioether (sulfide) groups is 1. The number of aliphatic imine (C=N–C) groups is 1. The van der Waals surface area contributed by atoms with Crippen LogP contribution in [0.2, 0.25) is 0 Å². The van der Waals surface area contributed by atoms with E-state index in [1.807, 2.05) is 6.92 Å². The second-order valence-electron chi connectivity index (χ2n) is 3.94. The Hall–Kier alpha value is -1.56. The lowest BCUT2D eigenvalue weighted by Crippen LogP contribution is -2.11. The number of hydrogen-bond donors (Lipinski definition) is 1. The highest BCUT2D eigenvalue weighted by Gasteiger charge is 2.05. The molecule has 0 unspecified atom stereocenters. The normalized spacial score (nSPS) is 13.3. The molecule has 6 heteroatoms. The van der Waals surface area contributed by atoms with Crippen LogP contribution in [0.5, 0.6) is 0 Å². The first kappa shape index (κ1) is 14.5. The molecule has 0 amide bonds. The molecule has 0 aliphatic heterocycles. The molecule has 1 aromatic carbocycles. The van der Waals surface area contributed by atoms with Crippen LogP contribution in [-0.2, 0) is 5.75 Å². The first-order valence-corrected chi connectivity index (χ1v) is 6.71. The van der Waals surface area contributed by atoms with E-state index in [2.05, 4.69) is 11.9 Å². The highest BCUT2D eigenvalue weighted by atomic mass is 32.2. The lowest BCUT2D eigenvalue weighted by molar-refractivity contribution is -0.384. The molecule has 0 saturated carbocycles. The maximum atomic E-state index is 10.5. The fourth-order valence-electron chi connectivity index (χ4n) is 1.22. The molecule has 0 saturated heterocycles. The van der Waals surface area contributed by atoms with E-state index >= 15 is 0 Å². The Morgan fingerprint density at radius 2 is 2.11 bits per heavy atom. The lowest BCUT2D eigenvalue weighted by Gasteiger charge is -2.05. The zero-order chi connectivity index (χ0) is 13.5. The Kier molecular flexibility index (Phi) is 5.64. The summed E-state index contributed by atoms with van der Waals surface area (Å²) in [6, 6.07) is 6.70. The van der Waals surface area contributed by atoms with Crippen LogP contribution in [0.1, 0.15) is 25.8 Å². The molecule has 0 aliphatic rings. The van der Waals surface area contributed by atoms with Crippen molar-refractivity contribution in [3.63, 3.8) is 0 Å². The molecule has 2 N–H and O–H groups in total. The van der Waals surface area contributed by atoms with Crippen LogP contribution in [0.25, 0.3) is 0 Å². The molecular formula is C12H17N3O2S. The maximum absolute atomic E-state index is 10.5. The summed E-state index contributed by atoms with van der Waals surface area (Å²) in [5.41, 5.74) is 6.88. The number of rotatable bonds is 5. The van der Waals surface area contributed by atoms with Crippen molar-refractivity contribution in [1.29, 1.82) is 0 Å². The van der Waals surface area contributed by atoms with Gasteiger partial charge >= 0.3 is 0 Å². The molecular weight excluding hydrogens is 250 g/mol. The van der Waals surface area contributed by atoms with Gasteiger partial charge in [0, 0.05) is 23.9 Å². The summed E-state index contributed by atoms with van der Waals surface area (Å²) in [5.74, 6) is 0.670. The number of benzene rings is 1. The molecule has 98 valence electrons. The summed E-state index contributed by atoms with van der Waals surface area (Å²) in [6.45, 7) is 4.07. The van der Waals surface area contributed by atoms with Gasteiger partial charge in [-0.3, -0.25) is 15.1 Å². The van der Waals surface area contributed by atoms with Crippen molar-refractivity contribution >= 4 is 22.6 Å². The van der Waals surface area contributed by atoms with Gasteiger partial charge in [0.15, 0.2) is 5.17 Å². The Balaban J connectivity index is 2.53.